The molecule has 0 radical (unpaired) electrons. The van der Waals surface area contributed by atoms with Crippen molar-refractivity contribution < 1.29 is 0 Å². The van der Waals surface area contributed by atoms with Crippen molar-refractivity contribution in [3.63, 3.8) is 0 Å². The van der Waals surface area contributed by atoms with Crippen LogP contribution in [0.5, 0.6) is 0 Å². The van der Waals surface area contributed by atoms with E-state index in [2.05, 4.69) is 91.0 Å². The van der Waals surface area contributed by atoms with Crippen LogP contribution < -0.4 is 0 Å². The maximum absolute atomic E-state index is 7.80. The number of hydrogen-bond donors (Lipinski definition) is 0. The van der Waals surface area contributed by atoms with Crippen molar-refractivity contribution in [2.24, 2.45) is 0 Å². The summed E-state index contributed by atoms with van der Waals surface area (Å²) in [6.07, 6.45) is 5.72. The van der Waals surface area contributed by atoms with Gasteiger partial charge in [0, 0.05) is 68.7 Å². The molecule has 0 bridgehead atoms. The topological polar surface area (TPSA) is 38.7 Å². The van der Waals surface area contributed by atoms with Crippen molar-refractivity contribution in [3.05, 3.63) is 234 Å². The molecule has 0 atom stereocenters. The lowest BCUT2D eigenvalue weighted by molar-refractivity contribution is 1.32. The number of aromatic nitrogens is 3. The van der Waals surface area contributed by atoms with Crippen LogP contribution in [0.15, 0.2) is 219 Å². The zero-order chi connectivity index (χ0) is 42.7. The Balaban J connectivity index is 1.18. The number of halogens is 3. The Kier molecular flexibility index (Phi) is 11.2. The molecule has 0 fully saturated rings. The van der Waals surface area contributed by atoms with Crippen LogP contribution in [0.4, 0.5) is 0 Å². The minimum Gasteiger partial charge on any atom is -0.256 e. The molecule has 0 aliphatic heterocycles. The monoisotopic (exact) mass is 867 g/mol. The van der Waals surface area contributed by atoms with Crippen LogP contribution in [0.25, 0.3) is 101 Å². The smallest absolute Gasteiger partial charge is 0.0702 e. The van der Waals surface area contributed by atoms with E-state index in [1.54, 1.807) is 0 Å². The van der Waals surface area contributed by atoms with Gasteiger partial charge in [-0.25, -0.2) is 0 Å². The van der Waals surface area contributed by atoms with E-state index in [9.17, 15) is 0 Å². The Hall–Kier alpha value is -7.14. The largest absolute Gasteiger partial charge is 0.256 e. The summed E-state index contributed by atoms with van der Waals surface area (Å²) in [6.45, 7) is 0. The van der Waals surface area contributed by atoms with Crippen molar-refractivity contribution in [2.75, 3.05) is 0 Å². The summed E-state index contributed by atoms with van der Waals surface area (Å²) >= 11 is 23.4. The van der Waals surface area contributed by atoms with Gasteiger partial charge in [0.25, 0.3) is 0 Å². The van der Waals surface area contributed by atoms with Gasteiger partial charge in [-0.2, -0.15) is 0 Å². The van der Waals surface area contributed by atoms with Gasteiger partial charge < -0.3 is 0 Å². The molecule has 0 amide bonds. The number of nitrogens with zero attached hydrogens (tertiary/aromatic N) is 3. The van der Waals surface area contributed by atoms with E-state index in [1.165, 1.54) is 0 Å². The van der Waals surface area contributed by atoms with Crippen LogP contribution in [0.2, 0.25) is 15.1 Å². The summed E-state index contributed by atoms with van der Waals surface area (Å²) in [4.78, 5) is 14.7. The highest BCUT2D eigenvalue weighted by molar-refractivity contribution is 6.48. The van der Waals surface area contributed by atoms with Crippen molar-refractivity contribution >= 4 is 34.8 Å². The van der Waals surface area contributed by atoms with Crippen LogP contribution >= 0.6 is 34.8 Å². The fourth-order valence-electron chi connectivity index (χ4n) is 8.23. The Morgan fingerprint density at radius 3 is 0.698 bits per heavy atom. The third kappa shape index (κ3) is 7.84. The molecule has 10 aromatic rings. The minimum absolute atomic E-state index is 0.433. The van der Waals surface area contributed by atoms with E-state index >= 15 is 0 Å². The Labute approximate surface area is 382 Å². The molecule has 0 aliphatic rings. The fourth-order valence-corrected chi connectivity index (χ4v) is 9.55. The maximum atomic E-state index is 7.80. The molecule has 0 aliphatic carbocycles. The number of hydrogen-bond acceptors (Lipinski definition) is 3. The number of pyridine rings is 3. The van der Waals surface area contributed by atoms with Gasteiger partial charge in [-0.05, 0) is 51.6 Å². The Morgan fingerprint density at radius 2 is 0.460 bits per heavy atom. The first kappa shape index (κ1) is 40.0. The van der Waals surface area contributed by atoms with Crippen LogP contribution in [0.1, 0.15) is 0 Å². The highest BCUT2D eigenvalue weighted by atomic mass is 35.5. The van der Waals surface area contributed by atoms with Gasteiger partial charge in [-0.1, -0.05) is 217 Å². The molecule has 63 heavy (non-hydrogen) atoms. The minimum atomic E-state index is 0.433. The first-order chi connectivity index (χ1) is 31.0. The lowest BCUT2D eigenvalue weighted by Gasteiger charge is -2.23. The third-order valence-corrected chi connectivity index (χ3v) is 12.5. The second kappa shape index (κ2) is 17.7. The zero-order valence-electron chi connectivity index (χ0n) is 33.8. The summed E-state index contributed by atoms with van der Waals surface area (Å²) in [5.41, 5.74) is 15.9. The van der Waals surface area contributed by atoms with Crippen molar-refractivity contribution in [1.82, 2.24) is 15.0 Å². The maximum Gasteiger partial charge on any atom is 0.0702 e. The summed E-state index contributed by atoms with van der Waals surface area (Å²) in [6, 6.07) is 67.4. The quantitative estimate of drug-likeness (QED) is 0.145. The van der Waals surface area contributed by atoms with Crippen LogP contribution in [0.3, 0.4) is 0 Å². The molecule has 6 heteroatoms. The van der Waals surface area contributed by atoms with Crippen LogP contribution in [-0.2, 0) is 0 Å². The fraction of sp³-hybridized carbons (Fsp3) is 0. The lowest BCUT2D eigenvalue weighted by atomic mass is 9.86. The SMILES string of the molecule is Clc1c(-c2ccccc2-c2ccc(-c3ccccc3)nc2)c(Cl)c(-c2ccccc2-c2ccc(-c3ccccc3)nc2)c(Cl)c1-c1ccccc1-c1ccc(-c2ccccc2)nc1. The van der Waals surface area contributed by atoms with Crippen LogP contribution in [0, 0.1) is 0 Å². The number of benzene rings is 7. The van der Waals surface area contributed by atoms with Gasteiger partial charge in [-0.3, -0.25) is 15.0 Å². The Bertz CT molecular complexity index is 2840. The highest BCUT2D eigenvalue weighted by Crippen LogP contribution is 2.55. The summed E-state index contributed by atoms with van der Waals surface area (Å²) in [5.74, 6) is 0. The Morgan fingerprint density at radius 1 is 0.222 bits per heavy atom. The molecule has 3 heterocycles. The van der Waals surface area contributed by atoms with E-state index in [4.69, 9.17) is 49.8 Å². The van der Waals surface area contributed by atoms with Crippen LogP contribution in [-0.4, -0.2) is 15.0 Å². The summed E-state index contributed by atoms with van der Waals surface area (Å²) in [7, 11) is 0. The van der Waals surface area contributed by atoms with E-state index in [0.717, 1.165) is 83.8 Å². The lowest BCUT2D eigenvalue weighted by Crippen LogP contribution is -1.98. The molecule has 0 saturated carbocycles. The molecule has 0 unspecified atom stereocenters. The van der Waals surface area contributed by atoms with E-state index in [-0.39, 0.29) is 0 Å². The molecule has 3 aromatic heterocycles. The summed E-state index contributed by atoms with van der Waals surface area (Å²) in [5, 5.41) is 1.30. The normalized spacial score (nSPS) is 11.1. The van der Waals surface area contributed by atoms with E-state index in [0.29, 0.717) is 31.8 Å². The average molecular weight is 869 g/mol. The molecular weight excluding hydrogens is 833 g/mol. The standard InChI is InChI=1S/C57H36Cl3N3/c58-55-52(46-25-13-10-22-43(46)40-28-31-49(61-34-40)37-16-4-1-5-17-37)56(59)54(48-27-15-12-24-45(48)42-30-33-51(63-36-42)39-20-8-3-9-21-39)57(60)53(55)47-26-14-11-23-44(47)41-29-32-50(62-35-41)38-18-6-2-7-19-38/h1-36H. The second-order valence-electron chi connectivity index (χ2n) is 15.1. The summed E-state index contributed by atoms with van der Waals surface area (Å²) < 4.78 is 0. The molecule has 0 N–H and O–H groups in total. The predicted octanol–water partition coefficient (Wildman–Crippen LogP) is 16.8. The van der Waals surface area contributed by atoms with Gasteiger partial charge >= 0.3 is 0 Å². The van der Waals surface area contributed by atoms with Crippen molar-refractivity contribution in [2.45, 2.75) is 0 Å². The van der Waals surface area contributed by atoms with E-state index < -0.39 is 0 Å². The molecule has 7 aromatic carbocycles. The molecule has 10 rings (SSSR count). The first-order valence-corrected chi connectivity index (χ1v) is 21.7. The van der Waals surface area contributed by atoms with Gasteiger partial charge in [0.2, 0.25) is 0 Å². The van der Waals surface area contributed by atoms with Crippen molar-refractivity contribution in [1.29, 1.82) is 0 Å². The van der Waals surface area contributed by atoms with Crippen molar-refractivity contribution in [3.8, 4) is 101 Å². The number of rotatable bonds is 9. The molecule has 0 spiro atoms. The average Bonchev–Trinajstić information content (AvgIpc) is 3.35. The highest BCUT2D eigenvalue weighted by Gasteiger charge is 2.28. The molecule has 300 valence electrons. The second-order valence-corrected chi connectivity index (χ2v) is 16.2. The van der Waals surface area contributed by atoms with Gasteiger partial charge in [0.1, 0.15) is 0 Å². The van der Waals surface area contributed by atoms with E-state index in [1.807, 2.05) is 128 Å². The van der Waals surface area contributed by atoms with Gasteiger partial charge in [0.15, 0.2) is 0 Å². The zero-order valence-corrected chi connectivity index (χ0v) is 36.0. The van der Waals surface area contributed by atoms with Gasteiger partial charge in [-0.15, -0.1) is 0 Å². The first-order valence-electron chi connectivity index (χ1n) is 20.6. The molecule has 0 saturated heterocycles. The molecule has 3 nitrogen and oxygen atoms in total. The molecular formula is C57H36Cl3N3. The third-order valence-electron chi connectivity index (χ3n) is 11.3. The van der Waals surface area contributed by atoms with Gasteiger partial charge in [0.05, 0.1) is 32.1 Å². The predicted molar refractivity (Wildman–Crippen MR) is 264 cm³/mol.